The van der Waals surface area contributed by atoms with Gasteiger partial charge in [0.25, 0.3) is 0 Å². The van der Waals surface area contributed by atoms with E-state index in [2.05, 4.69) is 77.5 Å². The average molecular weight is 911 g/mol. The van der Waals surface area contributed by atoms with Crippen LogP contribution in [0.4, 0.5) is 17.6 Å². The molecule has 53 heavy (non-hydrogen) atoms. The van der Waals surface area contributed by atoms with Crippen LogP contribution < -0.4 is 0 Å². The molecular formula is C44H46F4IrN4-4. The Morgan fingerprint density at radius 1 is 0.585 bits per heavy atom. The van der Waals surface area contributed by atoms with Gasteiger partial charge in [-0.15, -0.1) is 36.3 Å². The van der Waals surface area contributed by atoms with E-state index in [1.165, 1.54) is 0 Å². The van der Waals surface area contributed by atoms with E-state index < -0.39 is 96.0 Å². The molecule has 2 heterocycles. The standard InChI is InChI=1S/2C15H8F2N.C14H30N2.Ir/c2*16-11-5-6-13(14(17)9-11)15-12-4-2-1-3-10(12)7-8-18-15;1-9(2)13(10(3)4)14(15-11(5)6)16-12(7)8;/h2*1-5,7-9H;9-14H,1-8H3;/q2*-1;-2;/i2*1D,2D,3D,4D,7D,8D;;. The minimum absolute atomic E-state index is 0. The monoisotopic (exact) mass is 911 g/mol. The average Bonchev–Trinajstić information content (AvgIpc) is 3.19. The molecule has 0 aliphatic rings. The number of hydrogen-bond donors (Lipinski definition) is 0. The number of benzene rings is 4. The summed E-state index contributed by atoms with van der Waals surface area (Å²) in [6, 6.07) is 2.94. The topological polar surface area (TPSA) is 54.0 Å². The molecule has 0 aliphatic carbocycles. The van der Waals surface area contributed by atoms with Gasteiger partial charge in [-0.05, 0) is 56.9 Å². The summed E-state index contributed by atoms with van der Waals surface area (Å²) in [5.74, 6) is -1.98. The van der Waals surface area contributed by atoms with Crippen LogP contribution in [0.3, 0.4) is 0 Å². The van der Waals surface area contributed by atoms with Gasteiger partial charge in [-0.1, -0.05) is 133 Å². The predicted molar refractivity (Wildman–Crippen MR) is 206 cm³/mol. The second-order valence-corrected chi connectivity index (χ2v) is 12.9. The van der Waals surface area contributed by atoms with Crippen LogP contribution in [-0.4, -0.2) is 28.2 Å². The molecule has 0 saturated carbocycles. The van der Waals surface area contributed by atoms with Gasteiger partial charge in [-0.25, -0.2) is 6.17 Å². The van der Waals surface area contributed by atoms with Gasteiger partial charge in [-0.3, -0.25) is 17.6 Å². The number of nitrogens with zero attached hydrogens (tertiary/aromatic N) is 4. The maximum Gasteiger partial charge on any atom is 0.0830 e. The molecule has 0 spiro atoms. The summed E-state index contributed by atoms with van der Waals surface area (Å²) < 4.78 is 148. The number of rotatable bonds is 9. The van der Waals surface area contributed by atoms with Crippen molar-refractivity contribution in [1.82, 2.24) is 9.97 Å². The van der Waals surface area contributed by atoms with E-state index in [0.29, 0.717) is 42.0 Å². The summed E-state index contributed by atoms with van der Waals surface area (Å²) in [5, 5.41) is 8.69. The van der Waals surface area contributed by atoms with Gasteiger partial charge in [0.15, 0.2) is 0 Å². The molecule has 9 heteroatoms. The van der Waals surface area contributed by atoms with Crippen molar-refractivity contribution in [2.75, 3.05) is 0 Å². The SMILES string of the molecule is CC(C)[N-]C([N-]C(C)C)C(C(C)C)C(C)C.[2H]c1nc(-c2[c-]cc(F)cc2F)c2c([2H])c([2H])c([2H])c([2H])c2c1[2H].[2H]c1nc(-c2[c-]cc(F)cc2F)c2c([2H])c([2H])c([2H])c([2H])c2c1[2H].[Ir]. The van der Waals surface area contributed by atoms with E-state index in [4.69, 9.17) is 27.1 Å². The molecular weight excluding hydrogens is 853 g/mol. The smallest absolute Gasteiger partial charge is 0.0830 e. The Balaban J connectivity index is 0.000000264. The van der Waals surface area contributed by atoms with Gasteiger partial charge >= 0.3 is 0 Å². The van der Waals surface area contributed by atoms with Gasteiger partial charge in [-0.2, -0.15) is 0 Å². The number of hydrogen-bond acceptors (Lipinski definition) is 2. The van der Waals surface area contributed by atoms with Crippen molar-refractivity contribution < 1.29 is 54.1 Å². The van der Waals surface area contributed by atoms with Crippen molar-refractivity contribution in [3.63, 3.8) is 0 Å². The van der Waals surface area contributed by atoms with Gasteiger partial charge in [0.05, 0.1) is 16.4 Å². The Bertz CT molecular complexity index is 2530. The van der Waals surface area contributed by atoms with Crippen molar-refractivity contribution in [3.05, 3.63) is 143 Å². The Morgan fingerprint density at radius 3 is 1.30 bits per heavy atom. The summed E-state index contributed by atoms with van der Waals surface area (Å²) in [6.45, 7) is 17.7. The molecule has 0 aliphatic heterocycles. The van der Waals surface area contributed by atoms with E-state index in [0.717, 1.165) is 12.1 Å². The normalized spacial score (nSPS) is 14.5. The summed E-state index contributed by atoms with van der Waals surface area (Å²) in [7, 11) is 0. The first-order chi connectivity index (χ1) is 29.7. The third-order valence-corrected chi connectivity index (χ3v) is 7.52. The Morgan fingerprint density at radius 2 is 0.962 bits per heavy atom. The van der Waals surface area contributed by atoms with Crippen molar-refractivity contribution in [3.8, 4) is 22.5 Å². The Kier molecular flexibility index (Phi) is 11.0. The molecule has 0 saturated heterocycles. The van der Waals surface area contributed by atoms with E-state index in [1.54, 1.807) is 0 Å². The summed E-state index contributed by atoms with van der Waals surface area (Å²) in [4.78, 5) is 7.54. The number of pyridine rings is 2. The first-order valence-corrected chi connectivity index (χ1v) is 16.6. The first-order valence-electron chi connectivity index (χ1n) is 22.6. The third-order valence-electron chi connectivity index (χ3n) is 7.52. The van der Waals surface area contributed by atoms with Crippen LogP contribution in [0.15, 0.2) is 97.0 Å². The molecule has 6 aromatic rings. The molecule has 0 unspecified atom stereocenters. The fourth-order valence-electron chi connectivity index (χ4n) is 5.48. The first kappa shape index (κ1) is 28.4. The zero-order valence-corrected chi connectivity index (χ0v) is 32.8. The zero-order chi connectivity index (χ0) is 48.4. The van der Waals surface area contributed by atoms with Crippen molar-refractivity contribution in [2.24, 2.45) is 17.8 Å². The molecule has 4 nitrogen and oxygen atoms in total. The largest absolute Gasteiger partial charge is 0.675 e. The van der Waals surface area contributed by atoms with Gasteiger partial charge in [0, 0.05) is 55.7 Å². The third kappa shape index (κ3) is 12.0. The summed E-state index contributed by atoms with van der Waals surface area (Å²) in [5.41, 5.74) is -1.23. The van der Waals surface area contributed by atoms with Crippen molar-refractivity contribution in [1.29, 1.82) is 0 Å². The molecule has 0 bridgehead atoms. The minimum Gasteiger partial charge on any atom is -0.675 e. The van der Waals surface area contributed by atoms with E-state index in [1.807, 2.05) is 0 Å². The second kappa shape index (κ2) is 20.4. The molecule has 283 valence electrons. The van der Waals surface area contributed by atoms with Crippen LogP contribution in [0.1, 0.15) is 71.8 Å². The van der Waals surface area contributed by atoms with Crippen molar-refractivity contribution in [2.45, 2.75) is 73.6 Å². The Hall–Kier alpha value is -4.01. The molecule has 0 amide bonds. The van der Waals surface area contributed by atoms with E-state index >= 15 is 0 Å². The summed E-state index contributed by atoms with van der Waals surface area (Å²) >= 11 is 0. The fraction of sp³-hybridized carbons (Fsp3) is 0.318. The second-order valence-electron chi connectivity index (χ2n) is 12.9. The summed E-state index contributed by atoms with van der Waals surface area (Å²) in [6.07, 6.45) is -1.00. The molecule has 2 aromatic heterocycles. The Labute approximate surface area is 342 Å². The molecule has 4 aromatic carbocycles. The molecule has 0 fully saturated rings. The van der Waals surface area contributed by atoms with Gasteiger partial charge in [0.1, 0.15) is 0 Å². The van der Waals surface area contributed by atoms with E-state index in [9.17, 15) is 17.6 Å². The van der Waals surface area contributed by atoms with E-state index in [-0.39, 0.29) is 70.3 Å². The molecule has 0 atom stereocenters. The van der Waals surface area contributed by atoms with Gasteiger partial charge < -0.3 is 20.6 Å². The maximum absolute atomic E-state index is 14.1. The van der Waals surface area contributed by atoms with Crippen molar-refractivity contribution >= 4 is 21.5 Å². The molecule has 1 radical (unpaired) electrons. The van der Waals surface area contributed by atoms with Crippen LogP contribution in [0, 0.1) is 53.2 Å². The minimum atomic E-state index is -1.03. The molecule has 0 N–H and O–H groups in total. The van der Waals surface area contributed by atoms with Crippen LogP contribution in [0.2, 0.25) is 0 Å². The molecule has 6 rings (SSSR count). The zero-order valence-electron chi connectivity index (χ0n) is 42.4. The number of aromatic nitrogens is 2. The van der Waals surface area contributed by atoms with Crippen LogP contribution in [0.5, 0.6) is 0 Å². The fourth-order valence-corrected chi connectivity index (χ4v) is 5.48. The number of fused-ring (bicyclic) bond motifs is 2. The number of halogens is 4. The maximum atomic E-state index is 14.1. The van der Waals surface area contributed by atoms with Gasteiger partial charge in [0.2, 0.25) is 0 Å². The van der Waals surface area contributed by atoms with Crippen LogP contribution >= 0.6 is 0 Å². The quantitative estimate of drug-likeness (QED) is 0.107. The van der Waals surface area contributed by atoms with Crippen LogP contribution in [0.25, 0.3) is 54.7 Å². The van der Waals surface area contributed by atoms with Crippen LogP contribution in [-0.2, 0) is 20.1 Å². The predicted octanol–water partition coefficient (Wildman–Crippen LogP) is 12.8.